The van der Waals surface area contributed by atoms with Crippen molar-refractivity contribution in [3.05, 3.63) is 22.7 Å². The molecular formula is C27H47N5O6Si2. The van der Waals surface area contributed by atoms with Crippen molar-refractivity contribution in [1.29, 1.82) is 5.26 Å². The van der Waals surface area contributed by atoms with E-state index in [-0.39, 0.29) is 41.8 Å². The molecule has 1 unspecified atom stereocenters. The summed E-state index contributed by atoms with van der Waals surface area (Å²) in [5.41, 5.74) is 0.119. The molecule has 11 nitrogen and oxygen atoms in total. The Kier molecular flexibility index (Phi) is 10.9. The number of aliphatic imine (C=N–C) groups is 1. The summed E-state index contributed by atoms with van der Waals surface area (Å²) >= 11 is 0. The van der Waals surface area contributed by atoms with Crippen LogP contribution >= 0.6 is 0 Å². The van der Waals surface area contributed by atoms with E-state index in [2.05, 4.69) is 71.4 Å². The molecule has 2 fully saturated rings. The van der Waals surface area contributed by atoms with E-state index < -0.39 is 47.4 Å². The van der Waals surface area contributed by atoms with Gasteiger partial charge in [-0.1, -0.05) is 55.4 Å². The molecule has 3 heterocycles. The molecule has 0 amide bonds. The summed E-state index contributed by atoms with van der Waals surface area (Å²) in [5.74, 6) is 0.296. The van der Waals surface area contributed by atoms with Crippen LogP contribution in [-0.2, 0) is 22.4 Å². The Bertz CT molecular complexity index is 1100. The second-order valence-electron chi connectivity index (χ2n) is 12.0. The van der Waals surface area contributed by atoms with Crippen molar-refractivity contribution in [3.8, 4) is 6.07 Å². The van der Waals surface area contributed by atoms with Gasteiger partial charge in [0, 0.05) is 20.3 Å². The first-order chi connectivity index (χ1) is 18.8. The van der Waals surface area contributed by atoms with Gasteiger partial charge in [-0.15, -0.1) is 0 Å². The monoisotopic (exact) mass is 593 g/mol. The fourth-order valence-corrected chi connectivity index (χ4v) is 16.8. The van der Waals surface area contributed by atoms with Gasteiger partial charge < -0.3 is 27.3 Å². The molecule has 0 aliphatic carbocycles. The zero-order chi connectivity index (χ0) is 29.8. The largest absolute Gasteiger partial charge is 0.414 e. The Morgan fingerprint density at radius 2 is 1.77 bits per heavy atom. The molecule has 13 heteroatoms. The summed E-state index contributed by atoms with van der Waals surface area (Å²) in [4.78, 5) is 23.4. The van der Waals surface area contributed by atoms with Gasteiger partial charge in [0.1, 0.15) is 18.3 Å². The minimum atomic E-state index is -2.95. The molecule has 0 N–H and O–H groups in total. The Balaban J connectivity index is 2.10. The van der Waals surface area contributed by atoms with Gasteiger partial charge in [0.25, 0.3) is 0 Å². The van der Waals surface area contributed by atoms with E-state index in [4.69, 9.17) is 22.4 Å². The van der Waals surface area contributed by atoms with Gasteiger partial charge in [0.15, 0.2) is 12.0 Å². The van der Waals surface area contributed by atoms with Gasteiger partial charge in [-0.05, 0) is 28.2 Å². The summed E-state index contributed by atoms with van der Waals surface area (Å²) < 4.78 is 35.6. The van der Waals surface area contributed by atoms with Crippen LogP contribution in [0.3, 0.4) is 0 Å². The molecule has 3 rings (SSSR count). The number of hydrogen-bond acceptors (Lipinski definition) is 9. The molecule has 0 bridgehead atoms. The van der Waals surface area contributed by atoms with Gasteiger partial charge in [0.05, 0.1) is 32.0 Å². The normalized spacial score (nSPS) is 26.3. The average Bonchev–Trinajstić information content (AvgIpc) is 3.18. The number of ether oxygens (including phenoxy) is 2. The molecule has 2 saturated heterocycles. The third-order valence-electron chi connectivity index (χ3n) is 7.65. The van der Waals surface area contributed by atoms with Crippen molar-refractivity contribution < 1.29 is 22.4 Å². The maximum Gasteiger partial charge on any atom is 0.351 e. The van der Waals surface area contributed by atoms with Crippen molar-refractivity contribution >= 4 is 29.3 Å². The van der Waals surface area contributed by atoms with E-state index in [0.29, 0.717) is 5.82 Å². The quantitative estimate of drug-likeness (QED) is 0.166. The van der Waals surface area contributed by atoms with Crippen LogP contribution in [0.5, 0.6) is 0 Å². The highest BCUT2D eigenvalue weighted by Crippen LogP contribution is 2.48. The molecule has 2 aliphatic rings. The number of hydrogen-bond donors (Lipinski definition) is 0. The maximum absolute atomic E-state index is 13.2. The van der Waals surface area contributed by atoms with Crippen molar-refractivity contribution in [1.82, 2.24) is 14.5 Å². The standard InChI is InChI=1S/C27H47N5O6Si2/c1-18(2)39(19(3)4)35-16-22-24(37-40(38-39,20(5)6)21(7)8)25(34-15-11-13-28)26(36-22)32-14-12-23(30-27(32)33)29-17-31(9)10/h12,14,17-22,24-26H,11,15-16H2,1-10H3/t22-,24?,25+,26-/m1/s1. The molecule has 1 aromatic heterocycles. The van der Waals surface area contributed by atoms with Crippen LogP contribution in [0.2, 0.25) is 22.2 Å². The summed E-state index contributed by atoms with van der Waals surface area (Å²) in [6.45, 7) is 17.7. The van der Waals surface area contributed by atoms with Crippen molar-refractivity contribution in [3.63, 3.8) is 0 Å². The molecule has 0 radical (unpaired) electrons. The average molecular weight is 594 g/mol. The van der Waals surface area contributed by atoms with Crippen LogP contribution in [0, 0.1) is 11.3 Å². The first kappa shape index (κ1) is 32.6. The van der Waals surface area contributed by atoms with Crippen LogP contribution in [0.1, 0.15) is 68.0 Å². The van der Waals surface area contributed by atoms with E-state index in [1.54, 1.807) is 23.5 Å². The van der Waals surface area contributed by atoms with Crippen molar-refractivity contribution in [2.24, 2.45) is 4.99 Å². The lowest BCUT2D eigenvalue weighted by molar-refractivity contribution is -0.0721. The smallest absolute Gasteiger partial charge is 0.351 e. The second kappa shape index (κ2) is 13.4. The summed E-state index contributed by atoms with van der Waals surface area (Å²) in [7, 11) is -2.03. The van der Waals surface area contributed by atoms with E-state index in [1.807, 2.05) is 14.1 Å². The number of nitrogens with zero attached hydrogens (tertiary/aromatic N) is 5. The predicted molar refractivity (Wildman–Crippen MR) is 158 cm³/mol. The van der Waals surface area contributed by atoms with E-state index in [0.717, 1.165) is 0 Å². The summed E-state index contributed by atoms with van der Waals surface area (Å²) in [5, 5.41) is 9.19. The van der Waals surface area contributed by atoms with E-state index >= 15 is 0 Å². The number of rotatable bonds is 10. The van der Waals surface area contributed by atoms with Gasteiger partial charge in [-0.3, -0.25) is 4.57 Å². The number of nitriles is 1. The highest BCUT2D eigenvalue weighted by Gasteiger charge is 2.62. The molecular weight excluding hydrogens is 546 g/mol. The molecule has 1 aromatic rings. The van der Waals surface area contributed by atoms with Crippen molar-refractivity contribution in [2.75, 3.05) is 27.3 Å². The molecule has 40 heavy (non-hydrogen) atoms. The molecule has 0 spiro atoms. The predicted octanol–water partition coefficient (Wildman–Crippen LogP) is 4.62. The van der Waals surface area contributed by atoms with Crippen LogP contribution in [0.4, 0.5) is 5.82 Å². The zero-order valence-corrected chi connectivity index (χ0v) is 27.7. The van der Waals surface area contributed by atoms with Crippen LogP contribution < -0.4 is 5.69 Å². The minimum absolute atomic E-state index is 0.122. The Morgan fingerprint density at radius 1 is 1.15 bits per heavy atom. The lowest BCUT2D eigenvalue weighted by Gasteiger charge is -2.51. The topological polar surface area (TPSA) is 120 Å². The Labute approximate surface area is 240 Å². The Hall–Kier alpha value is -1.93. The lowest BCUT2D eigenvalue weighted by Crippen LogP contribution is -2.66. The first-order valence-corrected chi connectivity index (χ1v) is 18.2. The highest BCUT2D eigenvalue weighted by atomic mass is 28.5. The number of fused-ring (bicyclic) bond motifs is 1. The van der Waals surface area contributed by atoms with Gasteiger partial charge in [-0.25, -0.2) is 9.79 Å². The SMILES string of the molecule is CC(C)[Si]1(C(C)C)OC[C@H]2O[C@@H](n3ccc(N=CN(C)C)nc3=O)[C@@H](OCCC#N)C2O[Si](C(C)C)(C(C)C)O1. The third kappa shape index (κ3) is 6.59. The first-order valence-electron chi connectivity index (χ1n) is 14.2. The van der Waals surface area contributed by atoms with Gasteiger partial charge in [0.2, 0.25) is 0 Å². The van der Waals surface area contributed by atoms with Crippen molar-refractivity contribution in [2.45, 2.75) is 109 Å². The van der Waals surface area contributed by atoms with Crippen LogP contribution in [-0.4, -0.2) is 83.5 Å². The van der Waals surface area contributed by atoms with Crippen LogP contribution in [0.25, 0.3) is 0 Å². The summed E-state index contributed by atoms with van der Waals surface area (Å²) in [6, 6.07) is 3.79. The Morgan fingerprint density at radius 3 is 2.30 bits per heavy atom. The number of aromatic nitrogens is 2. The zero-order valence-electron chi connectivity index (χ0n) is 25.7. The van der Waals surface area contributed by atoms with E-state index in [9.17, 15) is 10.1 Å². The van der Waals surface area contributed by atoms with Gasteiger partial charge >= 0.3 is 22.8 Å². The van der Waals surface area contributed by atoms with Crippen LogP contribution in [0.15, 0.2) is 22.1 Å². The molecule has 4 atom stereocenters. The molecule has 2 aliphatic heterocycles. The van der Waals surface area contributed by atoms with Gasteiger partial charge in [-0.2, -0.15) is 10.2 Å². The summed E-state index contributed by atoms with van der Waals surface area (Å²) in [6.07, 6.45) is 0.877. The molecule has 0 aromatic carbocycles. The molecule has 0 saturated carbocycles. The third-order valence-corrected chi connectivity index (χ3v) is 17.9. The fourth-order valence-electron chi connectivity index (χ4n) is 5.61. The lowest BCUT2D eigenvalue weighted by atomic mass is 10.1. The maximum atomic E-state index is 13.2. The van der Waals surface area contributed by atoms with E-state index in [1.165, 1.54) is 4.57 Å². The second-order valence-corrected chi connectivity index (χ2v) is 20.9. The molecule has 224 valence electrons. The highest BCUT2D eigenvalue weighted by molar-refractivity contribution is 6.84. The fraction of sp³-hybridized carbons (Fsp3) is 0.778. The minimum Gasteiger partial charge on any atom is -0.414 e.